The van der Waals surface area contributed by atoms with Crippen LogP contribution in [0.3, 0.4) is 0 Å². The maximum absolute atomic E-state index is 13.7. The Morgan fingerprint density at radius 2 is 2.19 bits per heavy atom. The molecule has 0 saturated carbocycles. The van der Waals surface area contributed by atoms with Crippen molar-refractivity contribution in [2.24, 2.45) is 5.73 Å². The Bertz CT molecular complexity index is 393. The van der Waals surface area contributed by atoms with Gasteiger partial charge in [-0.1, -0.05) is 12.1 Å². The number of rotatable bonds is 3. The molecule has 16 heavy (non-hydrogen) atoms. The van der Waals surface area contributed by atoms with E-state index in [1.54, 1.807) is 26.1 Å². The van der Waals surface area contributed by atoms with E-state index >= 15 is 0 Å². The molecule has 0 bridgehead atoms. The van der Waals surface area contributed by atoms with E-state index in [0.717, 1.165) is 0 Å². The fourth-order valence-electron chi connectivity index (χ4n) is 1.36. The van der Waals surface area contributed by atoms with Gasteiger partial charge < -0.3 is 10.6 Å². The summed E-state index contributed by atoms with van der Waals surface area (Å²) < 4.78 is 13.7. The lowest BCUT2D eigenvalue weighted by molar-refractivity contribution is 0.0743. The van der Waals surface area contributed by atoms with Crippen LogP contribution >= 0.6 is 0 Å². The van der Waals surface area contributed by atoms with Gasteiger partial charge in [0.1, 0.15) is 5.82 Å². The molecule has 1 amide bonds. The molecule has 0 fully saturated rings. The minimum atomic E-state index is -0.455. The van der Waals surface area contributed by atoms with Crippen molar-refractivity contribution in [3.63, 3.8) is 0 Å². The summed E-state index contributed by atoms with van der Waals surface area (Å²) in [5.74, 6) is -0.789. The van der Waals surface area contributed by atoms with Crippen molar-refractivity contribution in [2.75, 3.05) is 13.6 Å². The molecular formula is C12H17FN2O. The smallest absolute Gasteiger partial charge is 0.256 e. The molecule has 1 unspecified atom stereocenters. The predicted octanol–water partition coefficient (Wildman–Crippen LogP) is 1.55. The zero-order chi connectivity index (χ0) is 12.3. The van der Waals surface area contributed by atoms with Crippen molar-refractivity contribution >= 4 is 5.91 Å². The van der Waals surface area contributed by atoms with Gasteiger partial charge in [-0.25, -0.2) is 4.39 Å². The molecule has 3 nitrogen and oxygen atoms in total. The highest BCUT2D eigenvalue weighted by molar-refractivity contribution is 5.94. The summed E-state index contributed by atoms with van der Waals surface area (Å²) in [5.41, 5.74) is 6.04. The SMILES string of the molecule is Cc1cccc(C(=O)N(C)C(C)CN)c1F. The summed E-state index contributed by atoms with van der Waals surface area (Å²) in [4.78, 5) is 13.4. The zero-order valence-corrected chi connectivity index (χ0v) is 9.83. The van der Waals surface area contributed by atoms with Gasteiger partial charge in [-0.3, -0.25) is 4.79 Å². The fourth-order valence-corrected chi connectivity index (χ4v) is 1.36. The number of likely N-dealkylation sites (N-methyl/N-ethyl adjacent to an activating group) is 1. The quantitative estimate of drug-likeness (QED) is 0.846. The minimum Gasteiger partial charge on any atom is -0.338 e. The molecule has 1 rings (SSSR count). The van der Waals surface area contributed by atoms with E-state index < -0.39 is 5.82 Å². The molecule has 0 aliphatic rings. The van der Waals surface area contributed by atoms with Crippen LogP contribution in [0.2, 0.25) is 0 Å². The molecule has 1 atom stereocenters. The Kier molecular flexibility index (Phi) is 4.01. The number of hydrogen-bond acceptors (Lipinski definition) is 2. The van der Waals surface area contributed by atoms with Gasteiger partial charge in [0.05, 0.1) is 5.56 Å². The van der Waals surface area contributed by atoms with Crippen LogP contribution in [-0.2, 0) is 0 Å². The average Bonchev–Trinajstić information content (AvgIpc) is 2.29. The van der Waals surface area contributed by atoms with Gasteiger partial charge >= 0.3 is 0 Å². The first-order valence-corrected chi connectivity index (χ1v) is 5.21. The Balaban J connectivity index is 3.01. The molecule has 0 aliphatic carbocycles. The van der Waals surface area contributed by atoms with Gasteiger partial charge in [0.25, 0.3) is 5.91 Å². The number of halogens is 1. The molecule has 0 aliphatic heterocycles. The summed E-state index contributed by atoms with van der Waals surface area (Å²) in [5, 5.41) is 0. The van der Waals surface area contributed by atoms with Crippen LogP contribution in [0.15, 0.2) is 18.2 Å². The molecule has 2 N–H and O–H groups in total. The first-order chi connectivity index (χ1) is 7.49. The highest BCUT2D eigenvalue weighted by atomic mass is 19.1. The molecule has 88 valence electrons. The van der Waals surface area contributed by atoms with E-state index in [2.05, 4.69) is 0 Å². The number of nitrogens with zero attached hydrogens (tertiary/aromatic N) is 1. The van der Waals surface area contributed by atoms with Crippen LogP contribution in [0.25, 0.3) is 0 Å². The zero-order valence-electron chi connectivity index (χ0n) is 9.83. The summed E-state index contributed by atoms with van der Waals surface area (Å²) in [6.07, 6.45) is 0. The Labute approximate surface area is 95.0 Å². The number of nitrogens with two attached hydrogens (primary N) is 1. The van der Waals surface area contributed by atoms with Gasteiger partial charge in [0, 0.05) is 19.6 Å². The van der Waals surface area contributed by atoms with E-state index in [1.165, 1.54) is 11.0 Å². The predicted molar refractivity (Wildman–Crippen MR) is 61.7 cm³/mol. The van der Waals surface area contributed by atoms with Crippen molar-refractivity contribution in [1.82, 2.24) is 4.90 Å². The van der Waals surface area contributed by atoms with Gasteiger partial charge in [-0.15, -0.1) is 0 Å². The topological polar surface area (TPSA) is 46.3 Å². The lowest BCUT2D eigenvalue weighted by atomic mass is 10.1. The molecule has 0 saturated heterocycles. The number of amides is 1. The third-order valence-electron chi connectivity index (χ3n) is 2.74. The number of hydrogen-bond donors (Lipinski definition) is 1. The highest BCUT2D eigenvalue weighted by Crippen LogP contribution is 2.14. The van der Waals surface area contributed by atoms with Crippen molar-refractivity contribution in [1.29, 1.82) is 0 Å². The molecule has 1 aromatic carbocycles. The Morgan fingerprint density at radius 3 is 2.75 bits per heavy atom. The van der Waals surface area contributed by atoms with E-state index in [-0.39, 0.29) is 17.5 Å². The molecule has 4 heteroatoms. The van der Waals surface area contributed by atoms with Crippen LogP contribution in [0.1, 0.15) is 22.8 Å². The molecule has 0 spiro atoms. The lowest BCUT2D eigenvalue weighted by Crippen LogP contribution is -2.40. The maximum atomic E-state index is 13.7. The van der Waals surface area contributed by atoms with Gasteiger partial charge in [-0.2, -0.15) is 0 Å². The first kappa shape index (κ1) is 12.6. The first-order valence-electron chi connectivity index (χ1n) is 5.21. The second kappa shape index (κ2) is 5.07. The standard InChI is InChI=1S/C12H17FN2O/c1-8-5-4-6-10(11(8)13)12(16)15(3)9(2)7-14/h4-6,9H,7,14H2,1-3H3. The third kappa shape index (κ3) is 2.39. The Morgan fingerprint density at radius 1 is 1.56 bits per heavy atom. The highest BCUT2D eigenvalue weighted by Gasteiger charge is 2.20. The van der Waals surface area contributed by atoms with Gasteiger partial charge in [-0.05, 0) is 25.5 Å². The average molecular weight is 224 g/mol. The Hall–Kier alpha value is -1.42. The maximum Gasteiger partial charge on any atom is 0.256 e. The molecule has 0 aromatic heterocycles. The van der Waals surface area contributed by atoms with Crippen molar-refractivity contribution < 1.29 is 9.18 Å². The van der Waals surface area contributed by atoms with E-state index in [0.29, 0.717) is 12.1 Å². The summed E-state index contributed by atoms with van der Waals surface area (Å²) in [6.45, 7) is 3.82. The number of benzene rings is 1. The monoisotopic (exact) mass is 224 g/mol. The number of carbonyl (C=O) groups is 1. The summed E-state index contributed by atoms with van der Waals surface area (Å²) in [6, 6.07) is 4.70. The van der Waals surface area contributed by atoms with Crippen molar-refractivity contribution in [3.05, 3.63) is 35.1 Å². The lowest BCUT2D eigenvalue weighted by Gasteiger charge is -2.24. The fraction of sp³-hybridized carbons (Fsp3) is 0.417. The molecule has 0 heterocycles. The van der Waals surface area contributed by atoms with E-state index in [4.69, 9.17) is 5.73 Å². The summed E-state index contributed by atoms with van der Waals surface area (Å²) in [7, 11) is 1.63. The van der Waals surface area contributed by atoms with Crippen molar-refractivity contribution in [3.8, 4) is 0 Å². The van der Waals surface area contributed by atoms with E-state index in [9.17, 15) is 9.18 Å². The van der Waals surface area contributed by atoms with Crippen LogP contribution in [0.4, 0.5) is 4.39 Å². The molecule has 0 radical (unpaired) electrons. The van der Waals surface area contributed by atoms with E-state index in [1.807, 2.05) is 6.92 Å². The normalized spacial score (nSPS) is 12.3. The van der Waals surface area contributed by atoms with Crippen LogP contribution in [-0.4, -0.2) is 30.4 Å². The third-order valence-corrected chi connectivity index (χ3v) is 2.74. The summed E-state index contributed by atoms with van der Waals surface area (Å²) >= 11 is 0. The largest absolute Gasteiger partial charge is 0.338 e. The van der Waals surface area contributed by atoms with Crippen LogP contribution < -0.4 is 5.73 Å². The number of carbonyl (C=O) groups excluding carboxylic acids is 1. The minimum absolute atomic E-state index is 0.0998. The van der Waals surface area contributed by atoms with Crippen LogP contribution in [0.5, 0.6) is 0 Å². The second-order valence-corrected chi connectivity index (χ2v) is 3.94. The van der Waals surface area contributed by atoms with Crippen molar-refractivity contribution in [2.45, 2.75) is 19.9 Å². The molecule has 1 aromatic rings. The van der Waals surface area contributed by atoms with Gasteiger partial charge in [0.2, 0.25) is 0 Å². The molecular weight excluding hydrogens is 207 g/mol. The van der Waals surface area contributed by atoms with Crippen LogP contribution in [0, 0.1) is 12.7 Å². The number of aryl methyl sites for hydroxylation is 1. The van der Waals surface area contributed by atoms with Gasteiger partial charge in [0.15, 0.2) is 0 Å². The second-order valence-electron chi connectivity index (χ2n) is 3.94.